The van der Waals surface area contributed by atoms with Crippen LogP contribution in [-0.2, 0) is 19.1 Å². The Hall–Kier alpha value is -3.36. The average molecular weight is 500 g/mol. The van der Waals surface area contributed by atoms with Crippen LogP contribution in [0.1, 0.15) is 73.8 Å². The van der Waals surface area contributed by atoms with Gasteiger partial charge in [-0.1, -0.05) is 47.6 Å². The van der Waals surface area contributed by atoms with Crippen LogP contribution in [0.3, 0.4) is 0 Å². The molecule has 0 aliphatic carbocycles. The zero-order valence-electron chi connectivity index (χ0n) is 22.6. The predicted octanol–water partition coefficient (Wildman–Crippen LogP) is 3.95. The Morgan fingerprint density at radius 1 is 1.00 bits per heavy atom. The molecule has 0 aromatic carbocycles. The molecule has 2 aromatic rings. The summed E-state index contributed by atoms with van der Waals surface area (Å²) >= 11 is 0. The van der Waals surface area contributed by atoms with Crippen molar-refractivity contribution < 1.29 is 23.8 Å². The smallest absolute Gasteiger partial charge is 0.340 e. The highest BCUT2D eigenvalue weighted by atomic mass is 16.5. The van der Waals surface area contributed by atoms with Crippen molar-refractivity contribution in [2.24, 2.45) is 10.8 Å². The third-order valence-corrected chi connectivity index (χ3v) is 4.98. The van der Waals surface area contributed by atoms with Crippen LogP contribution in [-0.4, -0.2) is 40.1 Å². The standard InChI is InChI=1S/C27H37N3O6/c1-25(2,3)14-34-23(32)17-18-20(28-16-12-10-11-13-30(16)22(18)31)36-21(29-27(7,8)9)19(17)24(33)35-15-26(4,5)6/h10-13,17,29H,14-15H2,1-9H3. The van der Waals surface area contributed by atoms with Crippen molar-refractivity contribution in [2.75, 3.05) is 13.2 Å². The van der Waals surface area contributed by atoms with Gasteiger partial charge in [-0.15, -0.1) is 0 Å². The molecule has 1 atom stereocenters. The summed E-state index contributed by atoms with van der Waals surface area (Å²) in [6.07, 6.45) is 1.55. The number of esters is 2. The number of hydrogen-bond acceptors (Lipinski definition) is 8. The van der Waals surface area contributed by atoms with Gasteiger partial charge in [-0.25, -0.2) is 4.79 Å². The summed E-state index contributed by atoms with van der Waals surface area (Å²) in [4.78, 5) is 45.2. The first kappa shape index (κ1) is 27.2. The van der Waals surface area contributed by atoms with Gasteiger partial charge in [0.05, 0.1) is 18.8 Å². The number of aromatic nitrogens is 2. The van der Waals surface area contributed by atoms with Crippen LogP contribution in [0.25, 0.3) is 5.65 Å². The Morgan fingerprint density at radius 2 is 1.61 bits per heavy atom. The quantitative estimate of drug-likeness (QED) is 0.616. The fourth-order valence-electron chi connectivity index (χ4n) is 3.44. The van der Waals surface area contributed by atoms with E-state index in [-0.39, 0.29) is 46.9 Å². The molecule has 3 rings (SSSR count). The van der Waals surface area contributed by atoms with E-state index in [1.807, 2.05) is 62.3 Å². The molecule has 9 nitrogen and oxygen atoms in total. The third kappa shape index (κ3) is 6.44. The Morgan fingerprint density at radius 3 is 2.19 bits per heavy atom. The van der Waals surface area contributed by atoms with E-state index in [9.17, 15) is 14.4 Å². The maximum atomic E-state index is 13.6. The molecule has 3 heterocycles. The van der Waals surface area contributed by atoms with Crippen molar-refractivity contribution in [2.45, 2.75) is 73.8 Å². The second-order valence-electron chi connectivity index (χ2n) is 12.5. The molecular formula is C27H37N3O6. The molecule has 0 saturated heterocycles. The van der Waals surface area contributed by atoms with Crippen LogP contribution in [0, 0.1) is 10.8 Å². The molecule has 2 aromatic heterocycles. The van der Waals surface area contributed by atoms with Crippen molar-refractivity contribution in [1.82, 2.24) is 14.7 Å². The molecule has 0 fully saturated rings. The summed E-state index contributed by atoms with van der Waals surface area (Å²) in [5.41, 5.74) is -1.56. The minimum Gasteiger partial charge on any atom is -0.464 e. The van der Waals surface area contributed by atoms with Gasteiger partial charge in [-0.3, -0.25) is 14.0 Å². The number of rotatable bonds is 5. The highest BCUT2D eigenvalue weighted by molar-refractivity contribution is 6.00. The lowest BCUT2D eigenvalue weighted by Crippen LogP contribution is -2.44. The SMILES string of the molecule is CC(C)(C)COC(=O)C1=C(NC(C)(C)C)Oc2nc3ccccn3c(=O)c2C1C(=O)OCC(C)(C)C. The van der Waals surface area contributed by atoms with Crippen LogP contribution in [0.2, 0.25) is 0 Å². The lowest BCUT2D eigenvalue weighted by atomic mass is 9.89. The molecular weight excluding hydrogens is 462 g/mol. The van der Waals surface area contributed by atoms with E-state index in [0.717, 1.165) is 0 Å². The Balaban J connectivity index is 2.25. The molecule has 1 N–H and O–H groups in total. The fraction of sp³-hybridized carbons (Fsp3) is 0.556. The first-order valence-electron chi connectivity index (χ1n) is 12.0. The van der Waals surface area contributed by atoms with Gasteiger partial charge in [0.25, 0.3) is 5.56 Å². The molecule has 0 bridgehead atoms. The molecule has 1 aliphatic heterocycles. The van der Waals surface area contributed by atoms with Crippen LogP contribution in [0.5, 0.6) is 5.88 Å². The van der Waals surface area contributed by atoms with Gasteiger partial charge in [-0.05, 0) is 43.7 Å². The first-order valence-corrected chi connectivity index (χ1v) is 12.0. The van der Waals surface area contributed by atoms with E-state index in [4.69, 9.17) is 14.2 Å². The van der Waals surface area contributed by atoms with Crippen molar-refractivity contribution in [3.8, 4) is 5.88 Å². The largest absolute Gasteiger partial charge is 0.464 e. The summed E-state index contributed by atoms with van der Waals surface area (Å²) in [7, 11) is 0. The molecule has 0 saturated carbocycles. The first-order chi connectivity index (χ1) is 16.5. The molecule has 0 radical (unpaired) electrons. The van der Waals surface area contributed by atoms with Crippen LogP contribution in [0.4, 0.5) is 0 Å². The normalized spacial score (nSPS) is 16.3. The molecule has 9 heteroatoms. The number of hydrogen-bond donors (Lipinski definition) is 1. The lowest BCUT2D eigenvalue weighted by Gasteiger charge is -2.32. The van der Waals surface area contributed by atoms with Crippen LogP contribution in [0.15, 0.2) is 40.6 Å². The Labute approximate surface area is 211 Å². The summed E-state index contributed by atoms with van der Waals surface area (Å²) in [5, 5.41) is 3.15. The molecule has 1 aliphatic rings. The van der Waals surface area contributed by atoms with Crippen molar-refractivity contribution in [3.63, 3.8) is 0 Å². The van der Waals surface area contributed by atoms with Crippen LogP contribution < -0.4 is 15.6 Å². The minimum absolute atomic E-state index is 0.0128. The number of nitrogens with one attached hydrogen (secondary N) is 1. The van der Waals surface area contributed by atoms with E-state index in [2.05, 4.69) is 10.3 Å². The van der Waals surface area contributed by atoms with Crippen molar-refractivity contribution >= 4 is 17.6 Å². The van der Waals surface area contributed by atoms with Crippen molar-refractivity contribution in [1.29, 1.82) is 0 Å². The molecule has 196 valence electrons. The van der Waals surface area contributed by atoms with Gasteiger partial charge >= 0.3 is 11.9 Å². The number of fused-ring (bicyclic) bond motifs is 2. The van der Waals surface area contributed by atoms with E-state index in [1.165, 1.54) is 4.40 Å². The molecule has 0 amide bonds. The molecule has 36 heavy (non-hydrogen) atoms. The summed E-state index contributed by atoms with van der Waals surface area (Å²) < 4.78 is 18.6. The Kier molecular flexibility index (Phi) is 7.26. The van der Waals surface area contributed by atoms with E-state index in [1.54, 1.807) is 24.4 Å². The average Bonchev–Trinajstić information content (AvgIpc) is 2.73. The lowest BCUT2D eigenvalue weighted by molar-refractivity contribution is -0.151. The van der Waals surface area contributed by atoms with Crippen molar-refractivity contribution in [3.05, 3.63) is 51.8 Å². The Bertz CT molecular complexity index is 1260. The maximum absolute atomic E-state index is 13.6. The number of carbonyl (C=O) groups is 2. The zero-order chi connectivity index (χ0) is 27.1. The topological polar surface area (TPSA) is 108 Å². The van der Waals surface area contributed by atoms with Gasteiger partial charge < -0.3 is 19.5 Å². The molecule has 0 spiro atoms. The van der Waals surface area contributed by atoms with E-state index < -0.39 is 29.0 Å². The van der Waals surface area contributed by atoms with Gasteiger partial charge in [-0.2, -0.15) is 4.98 Å². The molecule has 1 unspecified atom stereocenters. The second-order valence-corrected chi connectivity index (χ2v) is 12.5. The number of pyridine rings is 1. The third-order valence-electron chi connectivity index (χ3n) is 4.98. The van der Waals surface area contributed by atoms with E-state index in [0.29, 0.717) is 5.65 Å². The highest BCUT2D eigenvalue weighted by Gasteiger charge is 2.45. The van der Waals surface area contributed by atoms with E-state index >= 15 is 0 Å². The van der Waals surface area contributed by atoms with Gasteiger partial charge in [0.2, 0.25) is 11.8 Å². The van der Waals surface area contributed by atoms with Gasteiger partial charge in [0, 0.05) is 11.7 Å². The number of carbonyl (C=O) groups excluding carboxylic acids is 2. The predicted molar refractivity (Wildman–Crippen MR) is 136 cm³/mol. The van der Waals surface area contributed by atoms with Crippen LogP contribution >= 0.6 is 0 Å². The zero-order valence-corrected chi connectivity index (χ0v) is 22.6. The summed E-state index contributed by atoms with van der Waals surface area (Å²) in [6.45, 7) is 17.4. The van der Waals surface area contributed by atoms with Gasteiger partial charge in [0.1, 0.15) is 17.1 Å². The highest BCUT2D eigenvalue weighted by Crippen LogP contribution is 2.38. The monoisotopic (exact) mass is 499 g/mol. The number of nitrogens with zero attached hydrogens (tertiary/aromatic N) is 2. The summed E-state index contributed by atoms with van der Waals surface area (Å²) in [5.74, 6) is -2.94. The number of ether oxygens (including phenoxy) is 3. The maximum Gasteiger partial charge on any atom is 0.340 e. The van der Waals surface area contributed by atoms with Gasteiger partial charge in [0.15, 0.2) is 0 Å². The minimum atomic E-state index is -1.38. The fourth-order valence-corrected chi connectivity index (χ4v) is 3.44. The summed E-state index contributed by atoms with van der Waals surface area (Å²) in [6, 6.07) is 5.08. The second kappa shape index (κ2) is 9.59.